The maximum absolute atomic E-state index is 10.7. The summed E-state index contributed by atoms with van der Waals surface area (Å²) < 4.78 is 1.94. The van der Waals surface area contributed by atoms with E-state index in [2.05, 4.69) is 37.8 Å². The van der Waals surface area contributed by atoms with Crippen LogP contribution in [0.5, 0.6) is 0 Å². The van der Waals surface area contributed by atoms with Gasteiger partial charge >= 0.3 is 0 Å². The van der Waals surface area contributed by atoms with Gasteiger partial charge in [-0.25, -0.2) is 9.67 Å². The van der Waals surface area contributed by atoms with E-state index in [0.29, 0.717) is 12.3 Å². The van der Waals surface area contributed by atoms with E-state index in [1.807, 2.05) is 4.68 Å². The van der Waals surface area contributed by atoms with Crippen LogP contribution in [0.3, 0.4) is 0 Å². The average Bonchev–Trinajstić information content (AvgIpc) is 2.72. The largest absolute Gasteiger partial charge is 0.389 e. The standard InChI is InChI=1S/C14H25N3O/c1-11(2)8-17-12(15-10-16-17)7-14(18)6-5-13(3,4)9-14/h10-11,18H,5-9H2,1-4H3. The second-order valence-electron chi connectivity index (χ2n) is 6.99. The van der Waals surface area contributed by atoms with E-state index in [0.717, 1.165) is 31.6 Å². The van der Waals surface area contributed by atoms with Crippen LogP contribution in [0.25, 0.3) is 0 Å². The maximum Gasteiger partial charge on any atom is 0.138 e. The first-order chi connectivity index (χ1) is 8.30. The number of hydrogen-bond donors (Lipinski definition) is 1. The number of rotatable bonds is 4. The summed E-state index contributed by atoms with van der Waals surface area (Å²) in [6, 6.07) is 0. The van der Waals surface area contributed by atoms with E-state index in [1.54, 1.807) is 6.33 Å². The van der Waals surface area contributed by atoms with E-state index in [4.69, 9.17) is 0 Å². The highest BCUT2D eigenvalue weighted by atomic mass is 16.3. The number of aliphatic hydroxyl groups is 1. The van der Waals surface area contributed by atoms with Crippen LogP contribution in [-0.4, -0.2) is 25.5 Å². The molecule has 1 aromatic heterocycles. The first-order valence-electron chi connectivity index (χ1n) is 6.89. The Bertz CT molecular complexity index is 411. The molecular weight excluding hydrogens is 226 g/mol. The molecule has 1 aliphatic carbocycles. The molecule has 4 heteroatoms. The van der Waals surface area contributed by atoms with Crippen LogP contribution in [0.2, 0.25) is 0 Å². The molecule has 1 saturated carbocycles. The Morgan fingerprint density at radius 1 is 1.39 bits per heavy atom. The zero-order chi connectivity index (χ0) is 13.4. The van der Waals surface area contributed by atoms with Crippen LogP contribution in [0.4, 0.5) is 0 Å². The molecule has 1 atom stereocenters. The maximum atomic E-state index is 10.7. The van der Waals surface area contributed by atoms with Crippen molar-refractivity contribution in [2.45, 2.75) is 65.5 Å². The van der Waals surface area contributed by atoms with Gasteiger partial charge in [-0.15, -0.1) is 0 Å². The molecule has 4 nitrogen and oxygen atoms in total. The monoisotopic (exact) mass is 251 g/mol. The van der Waals surface area contributed by atoms with Crippen molar-refractivity contribution in [3.63, 3.8) is 0 Å². The van der Waals surface area contributed by atoms with Crippen molar-refractivity contribution in [2.75, 3.05) is 0 Å². The van der Waals surface area contributed by atoms with E-state index in [-0.39, 0.29) is 5.41 Å². The summed E-state index contributed by atoms with van der Waals surface area (Å²) in [5.41, 5.74) is -0.344. The van der Waals surface area contributed by atoms with Gasteiger partial charge in [-0.05, 0) is 30.6 Å². The van der Waals surface area contributed by atoms with E-state index in [1.165, 1.54) is 0 Å². The third kappa shape index (κ3) is 3.10. The summed E-state index contributed by atoms with van der Waals surface area (Å²) in [5.74, 6) is 1.46. The lowest BCUT2D eigenvalue weighted by Gasteiger charge is -2.25. The lowest BCUT2D eigenvalue weighted by atomic mass is 9.88. The van der Waals surface area contributed by atoms with Crippen molar-refractivity contribution in [1.29, 1.82) is 0 Å². The molecule has 0 saturated heterocycles. The molecular formula is C14H25N3O. The summed E-state index contributed by atoms with van der Waals surface area (Å²) in [6.07, 6.45) is 5.04. The molecule has 2 rings (SSSR count). The first-order valence-corrected chi connectivity index (χ1v) is 6.89. The fourth-order valence-electron chi connectivity index (χ4n) is 3.01. The zero-order valence-electron chi connectivity index (χ0n) is 12.0. The Kier molecular flexibility index (Phi) is 3.49. The lowest BCUT2D eigenvalue weighted by Crippen LogP contribution is -2.31. The van der Waals surface area contributed by atoms with Gasteiger partial charge in [0.1, 0.15) is 12.2 Å². The minimum absolute atomic E-state index is 0.248. The van der Waals surface area contributed by atoms with Crippen LogP contribution >= 0.6 is 0 Å². The topological polar surface area (TPSA) is 50.9 Å². The highest BCUT2D eigenvalue weighted by Crippen LogP contribution is 2.44. The third-order valence-corrected chi connectivity index (χ3v) is 3.80. The van der Waals surface area contributed by atoms with E-state index >= 15 is 0 Å². The Morgan fingerprint density at radius 3 is 2.67 bits per heavy atom. The van der Waals surface area contributed by atoms with Crippen LogP contribution in [0.1, 0.15) is 52.8 Å². The molecule has 1 heterocycles. The summed E-state index contributed by atoms with van der Waals surface area (Å²) in [4.78, 5) is 4.32. The third-order valence-electron chi connectivity index (χ3n) is 3.80. The van der Waals surface area contributed by atoms with Gasteiger partial charge in [0.15, 0.2) is 0 Å². The number of aromatic nitrogens is 3. The number of hydrogen-bond acceptors (Lipinski definition) is 3. The fourth-order valence-corrected chi connectivity index (χ4v) is 3.01. The second kappa shape index (κ2) is 4.65. The molecule has 1 fully saturated rings. The molecule has 1 unspecified atom stereocenters. The Balaban J connectivity index is 2.08. The second-order valence-corrected chi connectivity index (χ2v) is 6.99. The molecule has 0 radical (unpaired) electrons. The van der Waals surface area contributed by atoms with Crippen molar-refractivity contribution < 1.29 is 5.11 Å². The van der Waals surface area contributed by atoms with Crippen molar-refractivity contribution in [2.24, 2.45) is 11.3 Å². The Labute approximate surface area is 109 Å². The summed E-state index contributed by atoms with van der Waals surface area (Å²) in [5, 5.41) is 14.9. The molecule has 0 spiro atoms. The molecule has 0 aromatic carbocycles. The van der Waals surface area contributed by atoms with Crippen LogP contribution in [0.15, 0.2) is 6.33 Å². The fraction of sp³-hybridized carbons (Fsp3) is 0.857. The van der Waals surface area contributed by atoms with Gasteiger partial charge in [-0.2, -0.15) is 5.10 Å². The van der Waals surface area contributed by atoms with Crippen molar-refractivity contribution in [3.05, 3.63) is 12.2 Å². The highest BCUT2D eigenvalue weighted by molar-refractivity contribution is 5.01. The zero-order valence-corrected chi connectivity index (χ0v) is 12.0. The van der Waals surface area contributed by atoms with E-state index < -0.39 is 5.60 Å². The molecule has 1 aromatic rings. The van der Waals surface area contributed by atoms with Crippen molar-refractivity contribution in [1.82, 2.24) is 14.8 Å². The lowest BCUT2D eigenvalue weighted by molar-refractivity contribution is 0.0347. The quantitative estimate of drug-likeness (QED) is 0.894. The minimum Gasteiger partial charge on any atom is -0.389 e. The van der Waals surface area contributed by atoms with Crippen molar-refractivity contribution >= 4 is 0 Å². The van der Waals surface area contributed by atoms with Gasteiger partial charge in [0.2, 0.25) is 0 Å². The molecule has 102 valence electrons. The normalized spacial score (nSPS) is 27.0. The Morgan fingerprint density at radius 2 is 2.11 bits per heavy atom. The predicted molar refractivity (Wildman–Crippen MR) is 71.1 cm³/mol. The molecule has 0 amide bonds. The molecule has 0 bridgehead atoms. The van der Waals surface area contributed by atoms with Crippen molar-refractivity contribution in [3.8, 4) is 0 Å². The van der Waals surface area contributed by atoms with E-state index in [9.17, 15) is 5.11 Å². The molecule has 0 aliphatic heterocycles. The van der Waals surface area contributed by atoms with Gasteiger partial charge in [-0.1, -0.05) is 27.7 Å². The van der Waals surface area contributed by atoms with Gasteiger partial charge in [0.25, 0.3) is 0 Å². The molecule has 1 aliphatic rings. The highest BCUT2D eigenvalue weighted by Gasteiger charge is 2.42. The Hall–Kier alpha value is -0.900. The molecule has 1 N–H and O–H groups in total. The van der Waals surface area contributed by atoms with Crippen LogP contribution in [0, 0.1) is 11.3 Å². The molecule has 18 heavy (non-hydrogen) atoms. The average molecular weight is 251 g/mol. The predicted octanol–water partition coefficient (Wildman–Crippen LogP) is 2.42. The van der Waals surface area contributed by atoms with Crippen LogP contribution < -0.4 is 0 Å². The van der Waals surface area contributed by atoms with Gasteiger partial charge in [0.05, 0.1) is 5.60 Å². The van der Waals surface area contributed by atoms with Crippen LogP contribution in [-0.2, 0) is 13.0 Å². The smallest absolute Gasteiger partial charge is 0.138 e. The summed E-state index contributed by atoms with van der Waals surface area (Å²) in [6.45, 7) is 9.65. The van der Waals surface area contributed by atoms with Gasteiger partial charge in [0, 0.05) is 13.0 Å². The minimum atomic E-state index is -0.592. The summed E-state index contributed by atoms with van der Waals surface area (Å²) in [7, 11) is 0. The van der Waals surface area contributed by atoms with Gasteiger partial charge < -0.3 is 5.11 Å². The SMILES string of the molecule is CC(C)Cn1ncnc1CC1(O)CCC(C)(C)C1. The number of nitrogens with zero attached hydrogens (tertiary/aromatic N) is 3. The van der Waals surface area contributed by atoms with Gasteiger partial charge in [-0.3, -0.25) is 0 Å². The summed E-state index contributed by atoms with van der Waals surface area (Å²) >= 11 is 0. The first kappa shape index (κ1) is 13.5.